The summed E-state index contributed by atoms with van der Waals surface area (Å²) < 4.78 is 0. The number of hydrogen-bond donors (Lipinski definition) is 1. The molecule has 1 aromatic heterocycles. The molecule has 1 aliphatic rings. The molecule has 0 spiro atoms. The minimum absolute atomic E-state index is 0.0686. The van der Waals surface area contributed by atoms with Crippen LogP contribution in [0.3, 0.4) is 0 Å². The molecule has 0 bridgehead atoms. The van der Waals surface area contributed by atoms with Gasteiger partial charge in [0, 0.05) is 22.4 Å². The highest BCUT2D eigenvalue weighted by atomic mass is 15.0. The first-order valence-corrected chi connectivity index (χ1v) is 18.3. The molecule has 0 amide bonds. The lowest BCUT2D eigenvalue weighted by Gasteiger charge is -2.19. The molecular formula is C48H55N3. The number of aromatic nitrogens is 1. The van der Waals surface area contributed by atoms with Crippen molar-refractivity contribution >= 4 is 22.9 Å². The molecule has 262 valence electrons. The first-order chi connectivity index (χ1) is 23.8. The standard InChI is InChI=1S/C48H55N3/c1-45(2,3)35-21-13-31(14-22-35)39-29-41(33-17-25-37(26-18-33)47(7,8)9)49-43(39)51-44-40(32-15-23-36(24-16-32)46(4,5)6)30-42(50-44)34-19-27-38(28-20-34)48(10,11)12/h13-30,49H,1-12H3/b51-44-. The second-order valence-electron chi connectivity index (χ2n) is 18.2. The van der Waals surface area contributed by atoms with Gasteiger partial charge in [0.15, 0.2) is 5.84 Å². The van der Waals surface area contributed by atoms with Crippen molar-refractivity contribution in [3.05, 3.63) is 143 Å². The number of allylic oxidation sites excluding steroid dienone is 1. The van der Waals surface area contributed by atoms with Gasteiger partial charge in [-0.2, -0.15) is 0 Å². The molecule has 6 rings (SSSR count). The molecule has 0 saturated carbocycles. The van der Waals surface area contributed by atoms with Crippen LogP contribution < -0.4 is 0 Å². The van der Waals surface area contributed by atoms with Gasteiger partial charge in [-0.05, 0) is 72.7 Å². The third-order valence-electron chi connectivity index (χ3n) is 10.00. The lowest BCUT2D eigenvalue weighted by Crippen LogP contribution is -2.11. The molecule has 0 aliphatic carbocycles. The highest BCUT2D eigenvalue weighted by Gasteiger charge is 2.24. The van der Waals surface area contributed by atoms with Crippen LogP contribution in [-0.4, -0.2) is 16.5 Å². The van der Waals surface area contributed by atoms with Crippen molar-refractivity contribution in [2.24, 2.45) is 9.98 Å². The quantitative estimate of drug-likeness (QED) is 0.193. The molecule has 3 nitrogen and oxygen atoms in total. The Morgan fingerprint density at radius 3 is 1.24 bits per heavy atom. The van der Waals surface area contributed by atoms with E-state index >= 15 is 0 Å². The van der Waals surface area contributed by atoms with E-state index in [-0.39, 0.29) is 21.7 Å². The first kappa shape index (κ1) is 36.0. The average molecular weight is 674 g/mol. The number of aliphatic imine (C=N–C) groups is 2. The third kappa shape index (κ3) is 7.94. The Morgan fingerprint density at radius 1 is 0.451 bits per heavy atom. The fraction of sp³-hybridized carbons (Fsp3) is 0.333. The minimum atomic E-state index is 0.0686. The van der Waals surface area contributed by atoms with Gasteiger partial charge < -0.3 is 4.98 Å². The molecule has 1 aliphatic heterocycles. The van der Waals surface area contributed by atoms with Crippen LogP contribution in [0.25, 0.3) is 28.0 Å². The monoisotopic (exact) mass is 673 g/mol. The Kier molecular flexibility index (Phi) is 9.25. The summed E-state index contributed by atoms with van der Waals surface area (Å²) in [6.45, 7) is 27.0. The predicted octanol–water partition coefficient (Wildman–Crippen LogP) is 13.2. The maximum atomic E-state index is 5.38. The van der Waals surface area contributed by atoms with Crippen molar-refractivity contribution in [1.82, 2.24) is 4.98 Å². The summed E-state index contributed by atoms with van der Waals surface area (Å²) >= 11 is 0. The molecule has 2 heterocycles. The number of nitrogens with zero attached hydrogens (tertiary/aromatic N) is 2. The van der Waals surface area contributed by atoms with Crippen LogP contribution in [0.1, 0.15) is 116 Å². The SMILES string of the molecule is CC(C)(C)c1ccc(C2=CC(c3ccc(C(C)(C)C)cc3)=N/C2=N\c2[nH]c(-c3ccc(C(C)(C)C)cc3)cc2-c2ccc(C(C)(C)C)cc2)cc1. The van der Waals surface area contributed by atoms with Crippen LogP contribution in [0.15, 0.2) is 119 Å². The number of hydrogen-bond acceptors (Lipinski definition) is 1. The second-order valence-corrected chi connectivity index (χ2v) is 18.2. The van der Waals surface area contributed by atoms with Crippen molar-refractivity contribution in [1.29, 1.82) is 0 Å². The van der Waals surface area contributed by atoms with E-state index in [1.165, 1.54) is 22.3 Å². The van der Waals surface area contributed by atoms with Crippen LogP contribution in [0.4, 0.5) is 5.82 Å². The molecule has 4 aromatic carbocycles. The van der Waals surface area contributed by atoms with Crippen molar-refractivity contribution < 1.29 is 0 Å². The summed E-state index contributed by atoms with van der Waals surface area (Å²) in [6.07, 6.45) is 2.20. The van der Waals surface area contributed by atoms with Crippen molar-refractivity contribution in [2.75, 3.05) is 0 Å². The average Bonchev–Trinajstić information content (AvgIpc) is 3.68. The Hall–Kier alpha value is -4.76. The zero-order valence-electron chi connectivity index (χ0n) is 32.8. The van der Waals surface area contributed by atoms with E-state index in [0.29, 0.717) is 5.84 Å². The van der Waals surface area contributed by atoms with E-state index in [2.05, 4.69) is 197 Å². The largest absolute Gasteiger partial charge is 0.339 e. The molecule has 51 heavy (non-hydrogen) atoms. The number of benzene rings is 4. The number of aromatic amines is 1. The van der Waals surface area contributed by atoms with Gasteiger partial charge in [0.1, 0.15) is 5.82 Å². The van der Waals surface area contributed by atoms with E-state index in [0.717, 1.165) is 50.6 Å². The molecule has 0 saturated heterocycles. The summed E-state index contributed by atoms with van der Waals surface area (Å²) in [4.78, 5) is 14.3. The van der Waals surface area contributed by atoms with Crippen LogP contribution >= 0.6 is 0 Å². The Morgan fingerprint density at radius 2 is 0.824 bits per heavy atom. The topological polar surface area (TPSA) is 40.5 Å². The zero-order valence-corrected chi connectivity index (χ0v) is 32.8. The first-order valence-electron chi connectivity index (χ1n) is 18.3. The number of H-pyrrole nitrogens is 1. The number of rotatable bonds is 5. The third-order valence-corrected chi connectivity index (χ3v) is 10.00. The van der Waals surface area contributed by atoms with E-state index in [1.54, 1.807) is 0 Å². The van der Waals surface area contributed by atoms with E-state index in [9.17, 15) is 0 Å². The smallest absolute Gasteiger partial charge is 0.162 e. The Balaban J connectivity index is 1.50. The van der Waals surface area contributed by atoms with Crippen molar-refractivity contribution in [2.45, 2.75) is 105 Å². The number of amidine groups is 1. The van der Waals surface area contributed by atoms with E-state index in [4.69, 9.17) is 9.98 Å². The lowest BCUT2D eigenvalue weighted by atomic mass is 9.86. The zero-order chi connectivity index (χ0) is 36.9. The maximum absolute atomic E-state index is 5.38. The molecule has 3 heteroatoms. The fourth-order valence-electron chi connectivity index (χ4n) is 6.46. The molecular weight excluding hydrogens is 619 g/mol. The molecule has 0 fully saturated rings. The molecule has 5 aromatic rings. The van der Waals surface area contributed by atoms with Gasteiger partial charge in [-0.15, -0.1) is 0 Å². The Labute approximate surface area is 306 Å². The van der Waals surface area contributed by atoms with Crippen LogP contribution in [-0.2, 0) is 21.7 Å². The van der Waals surface area contributed by atoms with E-state index in [1.807, 2.05) is 0 Å². The second kappa shape index (κ2) is 13.1. The normalized spacial score (nSPS) is 14.9. The summed E-state index contributed by atoms with van der Waals surface area (Å²) in [6, 6.07) is 37.8. The molecule has 0 radical (unpaired) electrons. The predicted molar refractivity (Wildman–Crippen MR) is 221 cm³/mol. The van der Waals surface area contributed by atoms with Crippen LogP contribution in [0, 0.1) is 0 Å². The van der Waals surface area contributed by atoms with E-state index < -0.39 is 0 Å². The molecule has 0 atom stereocenters. The van der Waals surface area contributed by atoms with Crippen LogP contribution in [0.5, 0.6) is 0 Å². The Bertz CT molecular complexity index is 2100. The summed E-state index contributed by atoms with van der Waals surface area (Å²) in [5, 5.41) is 0. The summed E-state index contributed by atoms with van der Waals surface area (Å²) in [7, 11) is 0. The maximum Gasteiger partial charge on any atom is 0.162 e. The molecule has 1 N–H and O–H groups in total. The van der Waals surface area contributed by atoms with Crippen molar-refractivity contribution in [3.63, 3.8) is 0 Å². The van der Waals surface area contributed by atoms with Gasteiger partial charge in [-0.25, -0.2) is 9.98 Å². The molecule has 0 unspecified atom stereocenters. The highest BCUT2D eigenvalue weighted by molar-refractivity contribution is 6.38. The number of nitrogens with one attached hydrogen (secondary N) is 1. The van der Waals surface area contributed by atoms with Gasteiger partial charge in [0.25, 0.3) is 0 Å². The van der Waals surface area contributed by atoms with Gasteiger partial charge in [0.05, 0.1) is 5.71 Å². The fourth-order valence-corrected chi connectivity index (χ4v) is 6.46. The summed E-state index contributed by atoms with van der Waals surface area (Å²) in [5.41, 5.74) is 14.0. The van der Waals surface area contributed by atoms with Gasteiger partial charge in [-0.1, -0.05) is 180 Å². The van der Waals surface area contributed by atoms with Crippen molar-refractivity contribution in [3.8, 4) is 22.4 Å². The summed E-state index contributed by atoms with van der Waals surface area (Å²) in [5.74, 6) is 1.51. The van der Waals surface area contributed by atoms with Gasteiger partial charge >= 0.3 is 0 Å². The van der Waals surface area contributed by atoms with Gasteiger partial charge in [-0.3, -0.25) is 0 Å². The van der Waals surface area contributed by atoms with Crippen LogP contribution in [0.2, 0.25) is 0 Å². The van der Waals surface area contributed by atoms with Gasteiger partial charge in [0.2, 0.25) is 0 Å². The lowest BCUT2D eigenvalue weighted by molar-refractivity contribution is 0.590. The highest BCUT2D eigenvalue weighted by Crippen LogP contribution is 2.39. The minimum Gasteiger partial charge on any atom is -0.339 e.